The lowest BCUT2D eigenvalue weighted by Gasteiger charge is -2.14. The van der Waals surface area contributed by atoms with Crippen LogP contribution in [0.2, 0.25) is 0 Å². The molecule has 0 aliphatic carbocycles. The van der Waals surface area contributed by atoms with Crippen molar-refractivity contribution < 1.29 is 20.6 Å². The van der Waals surface area contributed by atoms with E-state index in [0.29, 0.717) is 0 Å². The van der Waals surface area contributed by atoms with Crippen LogP contribution in [0.25, 0.3) is 0 Å². The lowest BCUT2D eigenvalue weighted by Crippen LogP contribution is -2.99. The summed E-state index contributed by atoms with van der Waals surface area (Å²) in [7, 11) is 0. The van der Waals surface area contributed by atoms with E-state index < -0.39 is 5.23 Å². The Bertz CT molecular complexity index is 298. The zero-order valence-electron chi connectivity index (χ0n) is 6.40. The van der Waals surface area contributed by atoms with E-state index in [1.54, 1.807) is 0 Å². The Morgan fingerprint density at radius 2 is 1.92 bits per heavy atom. The second-order valence-electron chi connectivity index (χ2n) is 2.41. The van der Waals surface area contributed by atoms with Crippen molar-refractivity contribution in [3.8, 4) is 11.5 Å². The lowest BCUT2D eigenvalue weighted by molar-refractivity contribution is -0.991. The topological polar surface area (TPSA) is 88.2 Å². The fraction of sp³-hybridized carbons (Fsp3) is 0.143. The maximum Gasteiger partial charge on any atom is 0.206 e. The van der Waals surface area contributed by atoms with Gasteiger partial charge in [-0.2, -0.15) is 5.23 Å². The highest BCUT2D eigenvalue weighted by atomic mass is 16.8. The smallest absolute Gasteiger partial charge is 0.206 e. The van der Waals surface area contributed by atoms with Crippen molar-refractivity contribution in [3.05, 3.63) is 22.9 Å². The van der Waals surface area contributed by atoms with Gasteiger partial charge in [-0.25, -0.2) is 5.21 Å². The first-order valence-corrected chi connectivity index (χ1v) is 3.29. The van der Waals surface area contributed by atoms with Gasteiger partial charge in [0, 0.05) is 11.6 Å². The van der Waals surface area contributed by atoms with Gasteiger partial charge in [-0.05, 0) is 13.0 Å². The first-order chi connectivity index (χ1) is 5.54. The number of hydrogen-bond donors (Lipinski definition) is 4. The van der Waals surface area contributed by atoms with Crippen molar-refractivity contribution in [2.24, 2.45) is 0 Å². The summed E-state index contributed by atoms with van der Waals surface area (Å²) in [6.45, 7) is 1.44. The van der Waals surface area contributed by atoms with Gasteiger partial charge < -0.3 is 15.4 Å². The van der Waals surface area contributed by atoms with Crippen LogP contribution in [0, 0.1) is 12.1 Å². The van der Waals surface area contributed by atoms with Crippen molar-refractivity contribution in [1.82, 2.24) is 0 Å². The van der Waals surface area contributed by atoms with Crippen LogP contribution in [0.1, 0.15) is 5.56 Å². The Labute approximate surface area is 68.6 Å². The predicted octanol–water partition coefficient (Wildman–Crippen LogP) is -0.190. The first kappa shape index (κ1) is 8.79. The summed E-state index contributed by atoms with van der Waals surface area (Å²) in [6.07, 6.45) is 0. The molecule has 0 aliphatic heterocycles. The van der Waals surface area contributed by atoms with E-state index in [9.17, 15) is 10.3 Å². The van der Waals surface area contributed by atoms with Crippen LogP contribution in [-0.2, 0) is 0 Å². The number of hydrogen-bond acceptors (Lipinski definition) is 4. The van der Waals surface area contributed by atoms with Crippen LogP contribution in [0.4, 0.5) is 5.69 Å². The molecule has 0 aliphatic rings. The number of quaternary nitrogens is 1. The first-order valence-electron chi connectivity index (χ1n) is 3.29. The van der Waals surface area contributed by atoms with Crippen LogP contribution < -0.4 is 5.23 Å². The predicted molar refractivity (Wildman–Crippen MR) is 40.3 cm³/mol. The Morgan fingerprint density at radius 3 is 2.42 bits per heavy atom. The van der Waals surface area contributed by atoms with E-state index >= 15 is 0 Å². The van der Waals surface area contributed by atoms with E-state index in [1.165, 1.54) is 13.0 Å². The van der Waals surface area contributed by atoms with Crippen LogP contribution >= 0.6 is 0 Å². The Kier molecular flexibility index (Phi) is 2.18. The number of phenolic OH excluding ortho intramolecular Hbond substituents is 2. The van der Waals surface area contributed by atoms with E-state index in [1.807, 2.05) is 0 Å². The van der Waals surface area contributed by atoms with Gasteiger partial charge in [0.15, 0.2) is 5.75 Å². The molecule has 0 amide bonds. The minimum absolute atomic E-state index is 0.113. The van der Waals surface area contributed by atoms with Gasteiger partial charge in [0.05, 0.1) is 0 Å². The highest BCUT2D eigenvalue weighted by Gasteiger charge is 2.12. The summed E-state index contributed by atoms with van der Waals surface area (Å²) >= 11 is 0. The third-order valence-corrected chi connectivity index (χ3v) is 1.63. The molecule has 0 radical (unpaired) electrons. The second-order valence-corrected chi connectivity index (χ2v) is 2.41. The van der Waals surface area contributed by atoms with Crippen LogP contribution in [-0.4, -0.2) is 15.4 Å². The quantitative estimate of drug-likeness (QED) is 0.268. The van der Waals surface area contributed by atoms with Gasteiger partial charge in [-0.15, -0.1) is 0 Å². The fourth-order valence-electron chi connectivity index (χ4n) is 0.862. The number of benzene rings is 1. The molecule has 1 rings (SSSR count). The van der Waals surface area contributed by atoms with Gasteiger partial charge in [0.2, 0.25) is 5.69 Å². The average Bonchev–Trinajstić information content (AvgIpc) is 2.00. The standard InChI is InChI=1S/C7H9NO4/c1-4-6(9)3-2-5(7(4)10)8(11)12/h2-3,8-11H,1H3. The number of nitrogens with one attached hydrogen (secondary N) is 1. The maximum atomic E-state index is 10.4. The molecule has 4 N–H and O–H groups in total. The largest absolute Gasteiger partial charge is 0.595 e. The average molecular weight is 171 g/mol. The van der Waals surface area contributed by atoms with E-state index in [4.69, 9.17) is 10.3 Å². The summed E-state index contributed by atoms with van der Waals surface area (Å²) in [6, 6.07) is 2.39. The van der Waals surface area contributed by atoms with Crippen molar-refractivity contribution in [1.29, 1.82) is 0 Å². The van der Waals surface area contributed by atoms with Gasteiger partial charge in [0.1, 0.15) is 5.75 Å². The molecular formula is C7H9NO4. The number of phenols is 2. The molecule has 12 heavy (non-hydrogen) atoms. The molecule has 0 saturated carbocycles. The lowest BCUT2D eigenvalue weighted by atomic mass is 10.2. The molecule has 0 bridgehead atoms. The SMILES string of the molecule is Cc1c(O)ccc([NH+]([O-])O)c1O. The third-order valence-electron chi connectivity index (χ3n) is 1.63. The van der Waals surface area contributed by atoms with E-state index in [2.05, 4.69) is 0 Å². The van der Waals surface area contributed by atoms with Crippen molar-refractivity contribution >= 4 is 5.69 Å². The maximum absolute atomic E-state index is 10.4. The molecule has 0 spiro atoms. The molecule has 5 heteroatoms. The van der Waals surface area contributed by atoms with Crippen molar-refractivity contribution in [3.63, 3.8) is 0 Å². The van der Waals surface area contributed by atoms with Gasteiger partial charge in [-0.3, -0.25) is 0 Å². The van der Waals surface area contributed by atoms with E-state index in [0.717, 1.165) is 6.07 Å². The van der Waals surface area contributed by atoms with Crippen LogP contribution in [0.3, 0.4) is 0 Å². The van der Waals surface area contributed by atoms with Crippen molar-refractivity contribution in [2.45, 2.75) is 6.92 Å². The molecule has 1 aromatic rings. The molecule has 1 unspecified atom stereocenters. The molecular weight excluding hydrogens is 162 g/mol. The van der Waals surface area contributed by atoms with Crippen molar-refractivity contribution in [2.75, 3.05) is 0 Å². The molecule has 0 aromatic heterocycles. The molecule has 5 nitrogen and oxygen atoms in total. The highest BCUT2D eigenvalue weighted by molar-refractivity contribution is 5.55. The monoisotopic (exact) mass is 171 g/mol. The minimum atomic E-state index is -1.21. The summed E-state index contributed by atoms with van der Waals surface area (Å²) in [4.78, 5) is 0. The van der Waals surface area contributed by atoms with Gasteiger partial charge >= 0.3 is 0 Å². The summed E-state index contributed by atoms with van der Waals surface area (Å²) in [5.74, 6) is -0.500. The Hall–Kier alpha value is -1.30. The zero-order chi connectivity index (χ0) is 9.30. The molecule has 0 saturated heterocycles. The number of aromatic hydroxyl groups is 2. The highest BCUT2D eigenvalue weighted by Crippen LogP contribution is 2.30. The summed E-state index contributed by atoms with van der Waals surface area (Å²) < 4.78 is 0. The summed E-state index contributed by atoms with van der Waals surface area (Å²) in [5.41, 5.74) is -0.0276. The van der Waals surface area contributed by atoms with Gasteiger partial charge in [-0.1, -0.05) is 0 Å². The normalized spacial score (nSPS) is 12.9. The number of rotatable bonds is 1. The second kappa shape index (κ2) is 2.98. The fourth-order valence-corrected chi connectivity index (χ4v) is 0.862. The molecule has 0 heterocycles. The van der Waals surface area contributed by atoms with Crippen LogP contribution in [0.15, 0.2) is 12.1 Å². The zero-order valence-corrected chi connectivity index (χ0v) is 6.40. The molecule has 66 valence electrons. The van der Waals surface area contributed by atoms with E-state index in [-0.39, 0.29) is 22.7 Å². The molecule has 1 atom stereocenters. The van der Waals surface area contributed by atoms with Crippen LogP contribution in [0.5, 0.6) is 11.5 Å². The molecule has 1 aromatic carbocycles. The molecule has 0 fully saturated rings. The summed E-state index contributed by atoms with van der Waals surface area (Å²) in [5, 5.41) is 36.0. The third kappa shape index (κ3) is 1.33. The minimum Gasteiger partial charge on any atom is -0.595 e. The Balaban J connectivity index is 3.27. The van der Waals surface area contributed by atoms with Gasteiger partial charge in [0.25, 0.3) is 0 Å². The Morgan fingerprint density at radius 1 is 1.33 bits per heavy atom.